The number of para-hydroxylation sites is 2. The maximum Gasteiger partial charge on any atom is 0.137 e. The summed E-state index contributed by atoms with van der Waals surface area (Å²) in [6, 6.07) is 52.7. The van der Waals surface area contributed by atoms with E-state index in [0.29, 0.717) is 6.67 Å². The Morgan fingerprint density at radius 3 is 1.75 bits per heavy atom. The SMILES string of the molecule is CC(C)(C)c1ccc(-c2ccc3c(c2)c2ccc(Oc4cccc(N5CN(c6cccc(C(C)(C)C)c6)c6ccccc65)c4)cc2n3-c2cc(C(C)(C)C)ccn2)cc1. The maximum atomic E-state index is 6.76. The maximum absolute atomic E-state index is 6.76. The Balaban J connectivity index is 1.09. The summed E-state index contributed by atoms with van der Waals surface area (Å²) >= 11 is 0. The first-order valence-corrected chi connectivity index (χ1v) is 20.8. The van der Waals surface area contributed by atoms with E-state index in [2.05, 4.69) is 216 Å². The Kier molecular flexibility index (Phi) is 9.19. The van der Waals surface area contributed by atoms with E-state index in [1.807, 2.05) is 12.3 Å². The zero-order chi connectivity index (χ0) is 41.3. The minimum Gasteiger partial charge on any atom is -0.457 e. The van der Waals surface area contributed by atoms with Gasteiger partial charge in [0.15, 0.2) is 0 Å². The van der Waals surface area contributed by atoms with E-state index in [1.165, 1.54) is 50.3 Å². The molecular weight excluding hydrogens is 721 g/mol. The number of benzene rings is 6. The van der Waals surface area contributed by atoms with Crippen LogP contribution in [0.25, 0.3) is 38.8 Å². The highest BCUT2D eigenvalue weighted by Crippen LogP contribution is 2.46. The number of pyridine rings is 1. The number of aromatic nitrogens is 2. The van der Waals surface area contributed by atoms with Crippen LogP contribution in [0.15, 0.2) is 152 Å². The Labute approximate surface area is 349 Å². The highest BCUT2D eigenvalue weighted by molar-refractivity contribution is 6.10. The summed E-state index contributed by atoms with van der Waals surface area (Å²) < 4.78 is 9.05. The fraction of sp³-hybridized carbons (Fsp3) is 0.241. The number of ether oxygens (including phenoxy) is 1. The van der Waals surface area contributed by atoms with Gasteiger partial charge < -0.3 is 14.5 Å². The van der Waals surface area contributed by atoms with Gasteiger partial charge in [0.2, 0.25) is 0 Å². The van der Waals surface area contributed by atoms with Crippen molar-refractivity contribution >= 4 is 44.6 Å². The van der Waals surface area contributed by atoms with Gasteiger partial charge in [0, 0.05) is 40.5 Å². The van der Waals surface area contributed by atoms with Crippen molar-refractivity contribution in [3.8, 4) is 28.4 Å². The van der Waals surface area contributed by atoms with Crippen molar-refractivity contribution in [3.63, 3.8) is 0 Å². The summed E-state index contributed by atoms with van der Waals surface area (Å²) in [4.78, 5) is 9.73. The third kappa shape index (κ3) is 7.24. The van der Waals surface area contributed by atoms with Gasteiger partial charge in [0.25, 0.3) is 0 Å². The van der Waals surface area contributed by atoms with Crippen molar-refractivity contribution in [2.24, 2.45) is 0 Å². The van der Waals surface area contributed by atoms with Crippen LogP contribution in [0.3, 0.4) is 0 Å². The van der Waals surface area contributed by atoms with Crippen LogP contribution in [0, 0.1) is 0 Å². The molecule has 0 bridgehead atoms. The van der Waals surface area contributed by atoms with Gasteiger partial charge in [-0.1, -0.05) is 123 Å². The van der Waals surface area contributed by atoms with Crippen LogP contribution in [-0.2, 0) is 16.2 Å². The Bertz CT molecular complexity index is 2850. The molecule has 0 radical (unpaired) electrons. The molecule has 0 aliphatic carbocycles. The van der Waals surface area contributed by atoms with Gasteiger partial charge >= 0.3 is 0 Å². The zero-order valence-electron chi connectivity index (χ0n) is 35.8. The topological polar surface area (TPSA) is 33.5 Å². The van der Waals surface area contributed by atoms with Crippen molar-refractivity contribution in [2.45, 2.75) is 78.6 Å². The molecule has 0 N–H and O–H groups in total. The predicted octanol–water partition coefficient (Wildman–Crippen LogP) is 14.8. The van der Waals surface area contributed by atoms with Crippen LogP contribution in [0.4, 0.5) is 22.7 Å². The molecule has 59 heavy (non-hydrogen) atoms. The minimum absolute atomic E-state index is 0.0223. The third-order valence-corrected chi connectivity index (χ3v) is 11.8. The van der Waals surface area contributed by atoms with E-state index in [1.54, 1.807) is 0 Å². The van der Waals surface area contributed by atoms with Crippen LogP contribution in [0.2, 0.25) is 0 Å². The van der Waals surface area contributed by atoms with E-state index < -0.39 is 0 Å². The average molecular weight is 775 g/mol. The van der Waals surface area contributed by atoms with E-state index in [-0.39, 0.29) is 16.2 Å². The second kappa shape index (κ2) is 14.2. The monoisotopic (exact) mass is 774 g/mol. The number of rotatable bonds is 6. The van der Waals surface area contributed by atoms with Gasteiger partial charge in [-0.3, -0.25) is 4.57 Å². The van der Waals surface area contributed by atoms with Crippen molar-refractivity contribution in [3.05, 3.63) is 168 Å². The van der Waals surface area contributed by atoms with Crippen LogP contribution >= 0.6 is 0 Å². The van der Waals surface area contributed by atoms with Crippen molar-refractivity contribution in [1.29, 1.82) is 0 Å². The fourth-order valence-electron chi connectivity index (χ4n) is 8.31. The lowest BCUT2D eigenvalue weighted by Crippen LogP contribution is -2.24. The lowest BCUT2D eigenvalue weighted by Gasteiger charge is -2.25. The second-order valence-corrected chi connectivity index (χ2v) is 19.1. The molecule has 2 aromatic heterocycles. The number of hydrogen-bond acceptors (Lipinski definition) is 4. The summed E-state index contributed by atoms with van der Waals surface area (Å²) in [5, 5.41) is 2.33. The minimum atomic E-state index is -0.0223. The van der Waals surface area contributed by atoms with Crippen LogP contribution < -0.4 is 14.5 Å². The standard InChI is InChI=1S/C54H54N4O/c1-52(2,3)38-23-20-36(21-24-38)37-22-27-47-46(30-37)45-26-25-44(34-50(45)58(47)51-32-40(28-29-55-51)54(7,8)9)59-43-17-13-16-42(33-43)57-35-56(48-18-10-11-19-49(48)57)41-15-12-14-39(31-41)53(4,5)6/h10-34H,35H2,1-9H3. The van der Waals surface area contributed by atoms with Gasteiger partial charge in [-0.05, 0) is 117 Å². The summed E-state index contributed by atoms with van der Waals surface area (Å²) in [6.45, 7) is 21.0. The normalized spacial score (nSPS) is 13.4. The molecule has 5 nitrogen and oxygen atoms in total. The Hall–Kier alpha value is -6.33. The second-order valence-electron chi connectivity index (χ2n) is 19.1. The average Bonchev–Trinajstić information content (AvgIpc) is 3.76. The summed E-state index contributed by atoms with van der Waals surface area (Å²) in [5.74, 6) is 2.44. The Morgan fingerprint density at radius 1 is 0.458 bits per heavy atom. The van der Waals surface area contributed by atoms with Crippen LogP contribution in [0.5, 0.6) is 11.5 Å². The Morgan fingerprint density at radius 2 is 1.07 bits per heavy atom. The molecule has 0 atom stereocenters. The number of fused-ring (bicyclic) bond motifs is 4. The molecule has 0 amide bonds. The third-order valence-electron chi connectivity index (χ3n) is 11.8. The zero-order valence-corrected chi connectivity index (χ0v) is 35.8. The molecule has 0 fully saturated rings. The number of nitrogens with zero attached hydrogens (tertiary/aromatic N) is 4. The number of hydrogen-bond donors (Lipinski definition) is 0. The molecule has 9 rings (SSSR count). The molecule has 0 saturated carbocycles. The molecule has 0 spiro atoms. The lowest BCUT2D eigenvalue weighted by atomic mass is 9.86. The molecular formula is C54H54N4O. The number of anilines is 4. The van der Waals surface area contributed by atoms with Gasteiger partial charge in [0.1, 0.15) is 24.0 Å². The highest BCUT2D eigenvalue weighted by atomic mass is 16.5. The first-order chi connectivity index (χ1) is 28.1. The molecule has 8 aromatic rings. The van der Waals surface area contributed by atoms with Crippen molar-refractivity contribution < 1.29 is 4.74 Å². The van der Waals surface area contributed by atoms with Crippen LogP contribution in [-0.4, -0.2) is 16.2 Å². The first-order valence-electron chi connectivity index (χ1n) is 20.8. The molecule has 0 unspecified atom stereocenters. The fourth-order valence-corrected chi connectivity index (χ4v) is 8.31. The van der Waals surface area contributed by atoms with E-state index in [9.17, 15) is 0 Å². The van der Waals surface area contributed by atoms with E-state index in [4.69, 9.17) is 9.72 Å². The summed E-state index contributed by atoms with van der Waals surface area (Å²) in [6.07, 6.45) is 1.93. The molecule has 6 aromatic carbocycles. The summed E-state index contributed by atoms with van der Waals surface area (Å²) in [7, 11) is 0. The summed E-state index contributed by atoms with van der Waals surface area (Å²) in [5.41, 5.74) is 13.2. The largest absolute Gasteiger partial charge is 0.457 e. The van der Waals surface area contributed by atoms with Crippen LogP contribution in [0.1, 0.15) is 79.0 Å². The quantitative estimate of drug-likeness (QED) is 0.168. The van der Waals surface area contributed by atoms with E-state index in [0.717, 1.165) is 39.4 Å². The van der Waals surface area contributed by atoms with Gasteiger partial charge in [-0.25, -0.2) is 4.98 Å². The molecule has 0 saturated heterocycles. The molecule has 296 valence electrons. The van der Waals surface area contributed by atoms with Crippen molar-refractivity contribution in [2.75, 3.05) is 16.5 Å². The van der Waals surface area contributed by atoms with Gasteiger partial charge in [-0.15, -0.1) is 0 Å². The molecule has 1 aliphatic rings. The van der Waals surface area contributed by atoms with Gasteiger partial charge in [0.05, 0.1) is 22.4 Å². The first kappa shape index (κ1) is 38.2. The highest BCUT2D eigenvalue weighted by Gasteiger charge is 2.29. The van der Waals surface area contributed by atoms with Gasteiger partial charge in [-0.2, -0.15) is 0 Å². The van der Waals surface area contributed by atoms with E-state index >= 15 is 0 Å². The van der Waals surface area contributed by atoms with Crippen molar-refractivity contribution in [1.82, 2.24) is 9.55 Å². The lowest BCUT2D eigenvalue weighted by molar-refractivity contribution is 0.483. The smallest absolute Gasteiger partial charge is 0.137 e. The molecule has 5 heteroatoms. The molecule has 1 aliphatic heterocycles. The molecule has 3 heterocycles. The predicted molar refractivity (Wildman–Crippen MR) is 249 cm³/mol.